The van der Waals surface area contributed by atoms with Crippen LogP contribution in [0.5, 0.6) is 0 Å². The summed E-state index contributed by atoms with van der Waals surface area (Å²) in [5.41, 5.74) is 6.03. The third-order valence-electron chi connectivity index (χ3n) is 4.61. The molecule has 5 rings (SSSR count). The summed E-state index contributed by atoms with van der Waals surface area (Å²) in [6, 6.07) is 32.4. The van der Waals surface area contributed by atoms with Gasteiger partial charge in [0.25, 0.3) is 0 Å². The number of hydrogen-bond acceptors (Lipinski definition) is 1. The molecule has 0 saturated heterocycles. The van der Waals surface area contributed by atoms with Gasteiger partial charge >= 0.3 is 0 Å². The fourth-order valence-electron chi connectivity index (χ4n) is 3.36. The molecule has 0 aliphatic carbocycles. The predicted octanol–water partition coefficient (Wildman–Crippen LogP) is 7.17. The van der Waals surface area contributed by atoms with Gasteiger partial charge < -0.3 is 4.42 Å². The summed E-state index contributed by atoms with van der Waals surface area (Å²) in [5.74, 6) is 0. The van der Waals surface area contributed by atoms with E-state index in [9.17, 15) is 0 Å². The third-order valence-corrected chi connectivity index (χ3v) is 4.83. The van der Waals surface area contributed by atoms with Crippen LogP contribution in [0.1, 0.15) is 0 Å². The van der Waals surface area contributed by atoms with Crippen molar-refractivity contribution >= 4 is 33.5 Å². The number of furan rings is 1. The van der Waals surface area contributed by atoms with E-state index >= 15 is 0 Å². The van der Waals surface area contributed by atoms with Crippen molar-refractivity contribution in [3.05, 3.63) is 96.0 Å². The standard InChI is InChI=1S/C24H13ClO/c25-19-6-3-5-18(15-19)16-11-13-17(14-12-16)20-8-4-9-22-21-7-1-2-10-23(21)26-24(20)22/h1-2,4,6-15H. The Morgan fingerprint density at radius 1 is 0.769 bits per heavy atom. The summed E-state index contributed by atoms with van der Waals surface area (Å²) in [6.45, 7) is 0. The zero-order valence-corrected chi connectivity index (χ0v) is 14.5. The third kappa shape index (κ3) is 2.44. The van der Waals surface area contributed by atoms with Gasteiger partial charge in [-0.25, -0.2) is 0 Å². The lowest BCUT2D eigenvalue weighted by Crippen LogP contribution is -1.81. The van der Waals surface area contributed by atoms with E-state index in [1.807, 2.05) is 24.3 Å². The predicted molar refractivity (Wildman–Crippen MR) is 107 cm³/mol. The normalized spacial score (nSPS) is 11.0. The summed E-state index contributed by atoms with van der Waals surface area (Å²) < 4.78 is 6.14. The Balaban J connectivity index is 1.64. The minimum Gasteiger partial charge on any atom is -0.455 e. The van der Waals surface area contributed by atoms with Gasteiger partial charge in [0.1, 0.15) is 11.2 Å². The summed E-state index contributed by atoms with van der Waals surface area (Å²) >= 11 is 6.06. The van der Waals surface area contributed by atoms with Gasteiger partial charge in [-0.2, -0.15) is 0 Å². The van der Waals surface area contributed by atoms with Gasteiger partial charge in [0, 0.05) is 28.0 Å². The van der Waals surface area contributed by atoms with Gasteiger partial charge in [0.05, 0.1) is 5.02 Å². The quantitative estimate of drug-likeness (QED) is 0.328. The lowest BCUT2D eigenvalue weighted by molar-refractivity contribution is 0.670. The molecule has 2 heteroatoms. The van der Waals surface area contributed by atoms with Gasteiger partial charge in [0.15, 0.2) is 0 Å². The molecular weight excluding hydrogens is 340 g/mol. The van der Waals surface area contributed by atoms with E-state index in [0.717, 1.165) is 44.2 Å². The fourth-order valence-corrected chi connectivity index (χ4v) is 3.52. The zero-order chi connectivity index (χ0) is 17.5. The topological polar surface area (TPSA) is 13.1 Å². The fraction of sp³-hybridized carbons (Fsp3) is 0. The summed E-state index contributed by atoms with van der Waals surface area (Å²) in [5, 5.41) is 2.94. The SMILES string of the molecule is Clc1cc#cc(-c2ccc(-c3cccc4c3oc3ccccc34)cc2)c1. The molecule has 0 atom stereocenters. The Bertz CT molecular complexity index is 1230. The van der Waals surface area contributed by atoms with Crippen LogP contribution < -0.4 is 0 Å². The van der Waals surface area contributed by atoms with Crippen molar-refractivity contribution in [2.75, 3.05) is 0 Å². The maximum atomic E-state index is 6.14. The second-order valence-electron chi connectivity index (χ2n) is 6.21. The molecule has 4 aromatic carbocycles. The molecule has 0 fully saturated rings. The Morgan fingerprint density at radius 2 is 1.54 bits per heavy atom. The average molecular weight is 353 g/mol. The first-order valence-corrected chi connectivity index (χ1v) is 8.77. The average Bonchev–Trinajstić information content (AvgIpc) is 3.07. The molecule has 0 aliphatic heterocycles. The van der Waals surface area contributed by atoms with E-state index in [4.69, 9.17) is 16.0 Å². The van der Waals surface area contributed by atoms with E-state index in [1.54, 1.807) is 6.07 Å². The summed E-state index contributed by atoms with van der Waals surface area (Å²) in [4.78, 5) is 0. The molecule has 0 aliphatic rings. The summed E-state index contributed by atoms with van der Waals surface area (Å²) in [6.07, 6.45) is 0. The Morgan fingerprint density at radius 3 is 2.38 bits per heavy atom. The minimum absolute atomic E-state index is 0.662. The number of para-hydroxylation sites is 2. The van der Waals surface area contributed by atoms with Crippen LogP contribution in [0.3, 0.4) is 0 Å². The lowest BCUT2D eigenvalue weighted by Gasteiger charge is -2.05. The maximum absolute atomic E-state index is 6.14. The van der Waals surface area contributed by atoms with Crippen LogP contribution in [0.4, 0.5) is 0 Å². The Hall–Kier alpha value is -3.21. The number of fused-ring (bicyclic) bond motifs is 3. The number of benzene rings is 3. The molecule has 0 N–H and O–H groups in total. The highest BCUT2D eigenvalue weighted by Crippen LogP contribution is 2.36. The Labute approximate surface area is 156 Å². The highest BCUT2D eigenvalue weighted by molar-refractivity contribution is 6.30. The van der Waals surface area contributed by atoms with Crippen molar-refractivity contribution in [1.82, 2.24) is 0 Å². The molecule has 0 bridgehead atoms. The van der Waals surface area contributed by atoms with E-state index in [0.29, 0.717) is 5.02 Å². The molecule has 26 heavy (non-hydrogen) atoms. The van der Waals surface area contributed by atoms with Crippen molar-refractivity contribution in [3.63, 3.8) is 0 Å². The van der Waals surface area contributed by atoms with Gasteiger partial charge in [-0.1, -0.05) is 84.4 Å². The molecule has 5 aromatic rings. The smallest absolute Gasteiger partial charge is 0.143 e. The zero-order valence-electron chi connectivity index (χ0n) is 13.8. The molecule has 122 valence electrons. The Kier molecular flexibility index (Phi) is 3.45. The largest absolute Gasteiger partial charge is 0.455 e. The highest BCUT2D eigenvalue weighted by Gasteiger charge is 2.11. The van der Waals surface area contributed by atoms with Crippen LogP contribution in [-0.4, -0.2) is 0 Å². The van der Waals surface area contributed by atoms with Gasteiger partial charge in [-0.15, -0.1) is 0 Å². The molecule has 1 nitrogen and oxygen atoms in total. The number of hydrogen-bond donors (Lipinski definition) is 0. The van der Waals surface area contributed by atoms with Crippen LogP contribution in [0.2, 0.25) is 5.02 Å². The van der Waals surface area contributed by atoms with Crippen LogP contribution in [0.25, 0.3) is 44.2 Å². The summed E-state index contributed by atoms with van der Waals surface area (Å²) in [7, 11) is 0. The maximum Gasteiger partial charge on any atom is 0.143 e. The molecule has 0 unspecified atom stereocenters. The van der Waals surface area contributed by atoms with Crippen molar-refractivity contribution in [2.45, 2.75) is 0 Å². The van der Waals surface area contributed by atoms with E-state index in [1.165, 1.54) is 0 Å². The molecule has 0 radical (unpaired) electrons. The van der Waals surface area contributed by atoms with Crippen molar-refractivity contribution < 1.29 is 4.42 Å². The van der Waals surface area contributed by atoms with Crippen LogP contribution in [-0.2, 0) is 0 Å². The first-order chi connectivity index (χ1) is 12.8. The van der Waals surface area contributed by atoms with E-state index in [2.05, 4.69) is 60.7 Å². The van der Waals surface area contributed by atoms with Gasteiger partial charge in [0.2, 0.25) is 0 Å². The molecule has 0 spiro atoms. The van der Waals surface area contributed by atoms with Crippen molar-refractivity contribution in [1.29, 1.82) is 0 Å². The number of rotatable bonds is 2. The molecular formula is C24H13ClO. The molecule has 1 aromatic heterocycles. The van der Waals surface area contributed by atoms with Crippen LogP contribution >= 0.6 is 11.6 Å². The number of halogens is 1. The van der Waals surface area contributed by atoms with Crippen molar-refractivity contribution in [2.24, 2.45) is 0 Å². The second kappa shape index (κ2) is 5.95. The first kappa shape index (κ1) is 15.1. The second-order valence-corrected chi connectivity index (χ2v) is 6.65. The van der Waals surface area contributed by atoms with Crippen LogP contribution in [0.15, 0.2) is 83.3 Å². The van der Waals surface area contributed by atoms with E-state index < -0.39 is 0 Å². The molecule has 0 amide bonds. The molecule has 1 heterocycles. The highest BCUT2D eigenvalue weighted by atomic mass is 35.5. The van der Waals surface area contributed by atoms with Crippen LogP contribution in [0, 0.1) is 12.1 Å². The minimum atomic E-state index is 0.662. The van der Waals surface area contributed by atoms with Gasteiger partial charge in [-0.3, -0.25) is 0 Å². The van der Waals surface area contributed by atoms with Gasteiger partial charge in [-0.05, 0) is 23.3 Å². The monoisotopic (exact) mass is 352 g/mol. The molecule has 0 saturated carbocycles. The van der Waals surface area contributed by atoms with Crippen molar-refractivity contribution in [3.8, 4) is 22.3 Å². The lowest BCUT2D eigenvalue weighted by atomic mass is 9.99. The first-order valence-electron chi connectivity index (χ1n) is 8.39. The van der Waals surface area contributed by atoms with E-state index in [-0.39, 0.29) is 0 Å².